The molecule has 1 fully saturated rings. The molecule has 0 amide bonds. The predicted octanol–water partition coefficient (Wildman–Crippen LogP) is 3.83. The van der Waals surface area contributed by atoms with Crippen LogP contribution in [0.15, 0.2) is 47.6 Å². The van der Waals surface area contributed by atoms with Crippen LogP contribution >= 0.6 is 11.8 Å². The summed E-state index contributed by atoms with van der Waals surface area (Å²) in [6.07, 6.45) is 0. The van der Waals surface area contributed by atoms with Crippen molar-refractivity contribution in [3.63, 3.8) is 0 Å². The van der Waals surface area contributed by atoms with Crippen molar-refractivity contribution in [3.05, 3.63) is 65.0 Å². The van der Waals surface area contributed by atoms with Gasteiger partial charge in [-0.25, -0.2) is 4.39 Å². The maximum atomic E-state index is 13.9. The van der Waals surface area contributed by atoms with Crippen molar-refractivity contribution < 1.29 is 13.9 Å². The lowest BCUT2D eigenvalue weighted by atomic mass is 10.0. The molecule has 0 N–H and O–H groups in total. The van der Waals surface area contributed by atoms with Crippen LogP contribution in [0.5, 0.6) is 0 Å². The normalized spacial score (nSPS) is 14.2. The van der Waals surface area contributed by atoms with E-state index in [1.54, 1.807) is 6.07 Å². The summed E-state index contributed by atoms with van der Waals surface area (Å²) in [5.41, 5.74) is 3.54. The van der Waals surface area contributed by atoms with Crippen LogP contribution in [0.2, 0.25) is 0 Å². The van der Waals surface area contributed by atoms with Crippen molar-refractivity contribution >= 4 is 23.5 Å². The number of aryl methyl sites for hydroxylation is 2. The van der Waals surface area contributed by atoms with Gasteiger partial charge in [0.2, 0.25) is 5.95 Å². The largest absolute Gasteiger partial charge is 0.378 e. The highest BCUT2D eigenvalue weighted by molar-refractivity contribution is 7.99. The number of thioether (sulfide) groups is 1. The summed E-state index contributed by atoms with van der Waals surface area (Å²) in [7, 11) is 0. The molecule has 156 valence electrons. The van der Waals surface area contributed by atoms with Gasteiger partial charge in [-0.15, -0.1) is 10.2 Å². The van der Waals surface area contributed by atoms with Gasteiger partial charge in [-0.3, -0.25) is 9.36 Å². The van der Waals surface area contributed by atoms with Gasteiger partial charge in [0.25, 0.3) is 0 Å². The van der Waals surface area contributed by atoms with Crippen LogP contribution in [0.3, 0.4) is 0 Å². The zero-order valence-electron chi connectivity index (χ0n) is 17.0. The van der Waals surface area contributed by atoms with E-state index in [4.69, 9.17) is 4.74 Å². The number of carbonyl (C=O) groups is 1. The van der Waals surface area contributed by atoms with Crippen LogP contribution in [0.25, 0.3) is 5.69 Å². The molecule has 1 saturated heterocycles. The molecule has 6 nitrogen and oxygen atoms in total. The van der Waals surface area contributed by atoms with Crippen LogP contribution in [-0.4, -0.2) is 52.6 Å². The summed E-state index contributed by atoms with van der Waals surface area (Å²) in [5.74, 6) is 0.533. The highest BCUT2D eigenvalue weighted by Gasteiger charge is 2.22. The molecule has 4 rings (SSSR count). The third-order valence-electron chi connectivity index (χ3n) is 5.14. The van der Waals surface area contributed by atoms with Gasteiger partial charge in [0.1, 0.15) is 5.82 Å². The van der Waals surface area contributed by atoms with E-state index in [2.05, 4.69) is 15.1 Å². The van der Waals surface area contributed by atoms with Gasteiger partial charge in [-0.1, -0.05) is 30.0 Å². The number of hydrogen-bond acceptors (Lipinski definition) is 6. The number of aromatic nitrogens is 3. The molecular weight excluding hydrogens is 403 g/mol. The number of carbonyl (C=O) groups excluding carboxylic acids is 1. The van der Waals surface area contributed by atoms with Crippen molar-refractivity contribution in [1.82, 2.24) is 14.8 Å². The van der Waals surface area contributed by atoms with Crippen molar-refractivity contribution in [2.75, 3.05) is 37.0 Å². The van der Waals surface area contributed by atoms with Crippen molar-refractivity contribution in [3.8, 4) is 5.69 Å². The van der Waals surface area contributed by atoms with E-state index >= 15 is 0 Å². The Bertz CT molecular complexity index is 1060. The van der Waals surface area contributed by atoms with Gasteiger partial charge in [-0.2, -0.15) is 0 Å². The fourth-order valence-corrected chi connectivity index (χ4v) is 4.13. The molecule has 30 heavy (non-hydrogen) atoms. The predicted molar refractivity (Wildman–Crippen MR) is 115 cm³/mol. The van der Waals surface area contributed by atoms with E-state index in [-0.39, 0.29) is 17.4 Å². The molecule has 0 saturated carbocycles. The Morgan fingerprint density at radius 1 is 1.10 bits per heavy atom. The molecule has 0 bridgehead atoms. The SMILES string of the molecule is Cc1ccc(C(=O)CSc2nnc(N3CCOCC3)n2-c2cccc(F)c2)cc1C. The highest BCUT2D eigenvalue weighted by atomic mass is 32.2. The summed E-state index contributed by atoms with van der Waals surface area (Å²) >= 11 is 1.31. The monoisotopic (exact) mass is 426 g/mol. The lowest BCUT2D eigenvalue weighted by Crippen LogP contribution is -2.37. The van der Waals surface area contributed by atoms with E-state index in [0.29, 0.717) is 48.7 Å². The summed E-state index contributed by atoms with van der Waals surface area (Å²) < 4.78 is 21.2. The number of ketones is 1. The van der Waals surface area contributed by atoms with Gasteiger partial charge < -0.3 is 9.64 Å². The van der Waals surface area contributed by atoms with E-state index < -0.39 is 0 Å². The van der Waals surface area contributed by atoms with Gasteiger partial charge >= 0.3 is 0 Å². The van der Waals surface area contributed by atoms with E-state index in [1.807, 2.05) is 42.7 Å². The standard InChI is InChI=1S/C22H23FN4O2S/c1-15-6-7-17(12-16(15)2)20(28)14-30-22-25-24-21(26-8-10-29-11-9-26)27(22)19-5-3-4-18(23)13-19/h3-7,12-13H,8-11,14H2,1-2H3. The smallest absolute Gasteiger partial charge is 0.232 e. The summed E-state index contributed by atoms with van der Waals surface area (Å²) in [6.45, 7) is 6.58. The highest BCUT2D eigenvalue weighted by Crippen LogP contribution is 2.28. The fraction of sp³-hybridized carbons (Fsp3) is 0.318. The quantitative estimate of drug-likeness (QED) is 0.441. The minimum absolute atomic E-state index is 0.0183. The first-order chi connectivity index (χ1) is 14.5. The fourth-order valence-electron chi connectivity index (χ4n) is 3.29. The molecule has 0 unspecified atom stereocenters. The molecule has 0 spiro atoms. The second kappa shape index (κ2) is 8.97. The number of nitrogens with zero attached hydrogens (tertiary/aromatic N) is 4. The van der Waals surface area contributed by atoms with E-state index in [9.17, 15) is 9.18 Å². The molecule has 8 heteroatoms. The third-order valence-corrected chi connectivity index (χ3v) is 6.07. The summed E-state index contributed by atoms with van der Waals surface area (Å²) in [6, 6.07) is 12.0. The zero-order chi connectivity index (χ0) is 21.1. The zero-order valence-corrected chi connectivity index (χ0v) is 17.8. The number of Topliss-reactive ketones (excluding diaryl/α,β-unsaturated/α-hetero) is 1. The maximum absolute atomic E-state index is 13.9. The first kappa shape index (κ1) is 20.6. The number of ether oxygens (including phenoxy) is 1. The van der Waals surface area contributed by atoms with Gasteiger partial charge in [0.15, 0.2) is 10.9 Å². The Hall–Kier alpha value is -2.71. The first-order valence-corrected chi connectivity index (χ1v) is 10.8. The number of hydrogen-bond donors (Lipinski definition) is 0. The molecule has 0 radical (unpaired) electrons. The molecule has 3 aromatic rings. The molecule has 1 aliphatic heterocycles. The molecule has 0 atom stereocenters. The number of morpholine rings is 1. The Morgan fingerprint density at radius 3 is 2.63 bits per heavy atom. The lowest BCUT2D eigenvalue weighted by Gasteiger charge is -2.27. The third kappa shape index (κ3) is 4.39. The van der Waals surface area contributed by atoms with Crippen LogP contribution in [0.1, 0.15) is 21.5 Å². The van der Waals surface area contributed by atoms with Gasteiger partial charge in [-0.05, 0) is 49.2 Å². The molecule has 0 aliphatic carbocycles. The number of rotatable bonds is 6. The van der Waals surface area contributed by atoms with Crippen molar-refractivity contribution in [1.29, 1.82) is 0 Å². The van der Waals surface area contributed by atoms with Crippen LogP contribution in [0, 0.1) is 19.7 Å². The molecular formula is C22H23FN4O2S. The number of halogens is 1. The van der Waals surface area contributed by atoms with E-state index in [0.717, 1.165) is 11.1 Å². The van der Waals surface area contributed by atoms with Crippen molar-refractivity contribution in [2.24, 2.45) is 0 Å². The minimum Gasteiger partial charge on any atom is -0.378 e. The first-order valence-electron chi connectivity index (χ1n) is 9.80. The maximum Gasteiger partial charge on any atom is 0.232 e. The second-order valence-electron chi connectivity index (χ2n) is 7.21. The Labute approximate surface area is 179 Å². The van der Waals surface area contributed by atoms with Gasteiger partial charge in [0.05, 0.1) is 24.7 Å². The van der Waals surface area contributed by atoms with E-state index in [1.165, 1.54) is 23.9 Å². The van der Waals surface area contributed by atoms with Crippen LogP contribution < -0.4 is 4.90 Å². The summed E-state index contributed by atoms with van der Waals surface area (Å²) in [5, 5.41) is 9.22. The Kier molecular flexibility index (Phi) is 6.15. The molecule has 2 heterocycles. The average Bonchev–Trinajstić information content (AvgIpc) is 3.18. The molecule has 2 aromatic carbocycles. The lowest BCUT2D eigenvalue weighted by molar-refractivity contribution is 0.102. The summed E-state index contributed by atoms with van der Waals surface area (Å²) in [4.78, 5) is 14.8. The Morgan fingerprint density at radius 2 is 1.90 bits per heavy atom. The van der Waals surface area contributed by atoms with Gasteiger partial charge in [0, 0.05) is 18.7 Å². The molecule has 1 aliphatic rings. The van der Waals surface area contributed by atoms with Crippen LogP contribution in [0.4, 0.5) is 10.3 Å². The van der Waals surface area contributed by atoms with Crippen molar-refractivity contribution in [2.45, 2.75) is 19.0 Å². The topological polar surface area (TPSA) is 60.3 Å². The minimum atomic E-state index is -0.337. The molecule has 1 aromatic heterocycles. The number of anilines is 1. The van der Waals surface area contributed by atoms with Crippen LogP contribution in [-0.2, 0) is 4.74 Å². The Balaban J connectivity index is 1.61. The second-order valence-corrected chi connectivity index (χ2v) is 8.15. The average molecular weight is 427 g/mol. The number of benzene rings is 2.